The number of anilines is 1. The highest BCUT2D eigenvalue weighted by Crippen LogP contribution is 2.27. The van der Waals surface area contributed by atoms with Gasteiger partial charge in [0.05, 0.1) is 17.2 Å². The Morgan fingerprint density at radius 3 is 2.57 bits per heavy atom. The molecule has 23 heavy (non-hydrogen) atoms. The first-order valence-corrected chi connectivity index (χ1v) is 8.39. The zero-order valence-corrected chi connectivity index (χ0v) is 13.5. The van der Waals surface area contributed by atoms with E-state index in [4.69, 9.17) is 4.98 Å². The monoisotopic (exact) mass is 303 g/mol. The maximum Gasteiger partial charge on any atom is 0.147 e. The quantitative estimate of drug-likeness (QED) is 0.693. The van der Waals surface area contributed by atoms with E-state index in [0.29, 0.717) is 0 Å². The van der Waals surface area contributed by atoms with Crippen molar-refractivity contribution in [2.24, 2.45) is 0 Å². The lowest BCUT2D eigenvalue weighted by Crippen LogP contribution is -2.30. The summed E-state index contributed by atoms with van der Waals surface area (Å²) in [6, 6.07) is 14.9. The van der Waals surface area contributed by atoms with Crippen LogP contribution in [0, 0.1) is 6.92 Å². The number of nitrogens with zero attached hydrogens (tertiary/aromatic N) is 3. The van der Waals surface area contributed by atoms with Crippen LogP contribution in [0.2, 0.25) is 0 Å². The molecule has 3 heteroatoms. The minimum absolute atomic E-state index is 0.961. The van der Waals surface area contributed by atoms with E-state index in [2.05, 4.69) is 59.3 Å². The van der Waals surface area contributed by atoms with Gasteiger partial charge in [-0.05, 0) is 55.0 Å². The predicted molar refractivity (Wildman–Crippen MR) is 95.8 cm³/mol. The number of benzene rings is 2. The number of aryl methyl sites for hydroxylation is 1. The zero-order valence-electron chi connectivity index (χ0n) is 13.5. The SMILES string of the molecule is Cc1ccccc1-c1ccc2ncc(N3CCCCC3)nc2c1. The van der Waals surface area contributed by atoms with E-state index in [1.807, 2.05) is 6.20 Å². The van der Waals surface area contributed by atoms with Crippen LogP contribution < -0.4 is 4.90 Å². The molecule has 0 aliphatic carbocycles. The molecule has 1 saturated heterocycles. The largest absolute Gasteiger partial charge is 0.355 e. The normalized spacial score (nSPS) is 15.1. The van der Waals surface area contributed by atoms with E-state index in [9.17, 15) is 0 Å². The third-order valence-electron chi connectivity index (χ3n) is 4.67. The van der Waals surface area contributed by atoms with E-state index in [1.54, 1.807) is 0 Å². The summed E-state index contributed by atoms with van der Waals surface area (Å²) in [7, 11) is 0. The summed E-state index contributed by atoms with van der Waals surface area (Å²) in [5.74, 6) is 1.01. The molecule has 3 nitrogen and oxygen atoms in total. The molecule has 0 N–H and O–H groups in total. The average molecular weight is 303 g/mol. The number of fused-ring (bicyclic) bond motifs is 1. The van der Waals surface area contributed by atoms with Crippen LogP contribution in [0.3, 0.4) is 0 Å². The second-order valence-electron chi connectivity index (χ2n) is 6.29. The lowest BCUT2D eigenvalue weighted by molar-refractivity contribution is 0.573. The maximum atomic E-state index is 4.88. The summed E-state index contributed by atoms with van der Waals surface area (Å²) < 4.78 is 0. The number of piperidine rings is 1. The van der Waals surface area contributed by atoms with Gasteiger partial charge >= 0.3 is 0 Å². The van der Waals surface area contributed by atoms with E-state index >= 15 is 0 Å². The van der Waals surface area contributed by atoms with Crippen molar-refractivity contribution in [3.05, 3.63) is 54.2 Å². The van der Waals surface area contributed by atoms with Gasteiger partial charge in [-0.15, -0.1) is 0 Å². The lowest BCUT2D eigenvalue weighted by Gasteiger charge is -2.27. The first kappa shape index (κ1) is 14.2. The van der Waals surface area contributed by atoms with Crippen LogP contribution in [-0.4, -0.2) is 23.1 Å². The summed E-state index contributed by atoms with van der Waals surface area (Å²) in [5, 5.41) is 0. The van der Waals surface area contributed by atoms with E-state index < -0.39 is 0 Å². The number of rotatable bonds is 2. The van der Waals surface area contributed by atoms with Crippen LogP contribution in [0.25, 0.3) is 22.2 Å². The molecular formula is C20H21N3. The topological polar surface area (TPSA) is 29.0 Å². The smallest absolute Gasteiger partial charge is 0.147 e. The van der Waals surface area contributed by atoms with Crippen LogP contribution in [0.5, 0.6) is 0 Å². The molecule has 0 atom stereocenters. The Hall–Kier alpha value is -2.42. The van der Waals surface area contributed by atoms with Gasteiger partial charge in [-0.3, -0.25) is 4.98 Å². The Kier molecular flexibility index (Phi) is 3.70. The summed E-state index contributed by atoms with van der Waals surface area (Å²) in [4.78, 5) is 11.8. The minimum atomic E-state index is 0.961. The molecule has 1 aliphatic rings. The van der Waals surface area contributed by atoms with Gasteiger partial charge in [0, 0.05) is 13.1 Å². The second kappa shape index (κ2) is 5.99. The van der Waals surface area contributed by atoms with Crippen molar-refractivity contribution in [1.29, 1.82) is 0 Å². The van der Waals surface area contributed by atoms with Crippen molar-refractivity contribution in [3.8, 4) is 11.1 Å². The highest BCUT2D eigenvalue weighted by Gasteiger charge is 2.13. The third kappa shape index (κ3) is 2.79. The molecule has 1 aromatic heterocycles. The Morgan fingerprint density at radius 2 is 1.74 bits per heavy atom. The Labute approximate surface area is 137 Å². The van der Waals surface area contributed by atoms with Crippen LogP contribution in [0.15, 0.2) is 48.7 Å². The van der Waals surface area contributed by atoms with Gasteiger partial charge in [-0.1, -0.05) is 30.3 Å². The summed E-state index contributed by atoms with van der Waals surface area (Å²) in [6.45, 7) is 4.34. The van der Waals surface area contributed by atoms with Gasteiger partial charge in [0.25, 0.3) is 0 Å². The molecule has 3 aromatic rings. The summed E-state index contributed by atoms with van der Waals surface area (Å²) in [5.41, 5.74) is 5.70. The third-order valence-corrected chi connectivity index (χ3v) is 4.67. The molecule has 0 unspecified atom stereocenters. The Balaban J connectivity index is 1.76. The molecule has 0 saturated carbocycles. The van der Waals surface area contributed by atoms with Crippen LogP contribution in [0.1, 0.15) is 24.8 Å². The van der Waals surface area contributed by atoms with E-state index in [0.717, 1.165) is 29.9 Å². The van der Waals surface area contributed by atoms with Gasteiger partial charge in [0.2, 0.25) is 0 Å². The summed E-state index contributed by atoms with van der Waals surface area (Å²) in [6.07, 6.45) is 5.75. The van der Waals surface area contributed by atoms with Crippen molar-refractivity contribution in [3.63, 3.8) is 0 Å². The van der Waals surface area contributed by atoms with E-state index in [1.165, 1.54) is 36.0 Å². The minimum Gasteiger partial charge on any atom is -0.355 e. The van der Waals surface area contributed by atoms with Crippen LogP contribution in [0.4, 0.5) is 5.82 Å². The van der Waals surface area contributed by atoms with Crippen molar-refractivity contribution in [2.75, 3.05) is 18.0 Å². The van der Waals surface area contributed by atoms with Gasteiger partial charge in [-0.2, -0.15) is 0 Å². The van der Waals surface area contributed by atoms with Crippen molar-refractivity contribution in [1.82, 2.24) is 9.97 Å². The molecule has 0 amide bonds. The highest BCUT2D eigenvalue weighted by molar-refractivity contribution is 5.83. The standard InChI is InChI=1S/C20H21N3/c1-15-7-3-4-8-17(15)16-9-10-18-19(13-16)22-20(14-21-18)23-11-5-2-6-12-23/h3-4,7-10,13-14H,2,5-6,11-12H2,1H3. The van der Waals surface area contributed by atoms with Gasteiger partial charge in [0.15, 0.2) is 0 Å². The van der Waals surface area contributed by atoms with Gasteiger partial charge < -0.3 is 4.90 Å². The van der Waals surface area contributed by atoms with Gasteiger partial charge in [-0.25, -0.2) is 4.98 Å². The fourth-order valence-electron chi connectivity index (χ4n) is 3.34. The molecule has 1 aliphatic heterocycles. The maximum absolute atomic E-state index is 4.88. The molecule has 0 radical (unpaired) electrons. The first-order valence-electron chi connectivity index (χ1n) is 8.39. The van der Waals surface area contributed by atoms with E-state index in [-0.39, 0.29) is 0 Å². The molecular weight excluding hydrogens is 282 g/mol. The van der Waals surface area contributed by atoms with Crippen molar-refractivity contribution in [2.45, 2.75) is 26.2 Å². The predicted octanol–water partition coefficient (Wildman–Crippen LogP) is 4.60. The zero-order chi connectivity index (χ0) is 15.6. The molecule has 0 bridgehead atoms. The van der Waals surface area contributed by atoms with Crippen LogP contribution in [-0.2, 0) is 0 Å². The van der Waals surface area contributed by atoms with Crippen molar-refractivity contribution >= 4 is 16.9 Å². The first-order chi connectivity index (χ1) is 11.3. The second-order valence-corrected chi connectivity index (χ2v) is 6.29. The Morgan fingerprint density at radius 1 is 0.913 bits per heavy atom. The number of aromatic nitrogens is 2. The fraction of sp³-hybridized carbons (Fsp3) is 0.300. The average Bonchev–Trinajstić information content (AvgIpc) is 2.62. The fourth-order valence-corrected chi connectivity index (χ4v) is 3.34. The van der Waals surface area contributed by atoms with Crippen LogP contribution >= 0.6 is 0 Å². The number of hydrogen-bond donors (Lipinski definition) is 0. The van der Waals surface area contributed by atoms with Gasteiger partial charge in [0.1, 0.15) is 5.82 Å². The molecule has 2 aromatic carbocycles. The summed E-state index contributed by atoms with van der Waals surface area (Å²) >= 11 is 0. The van der Waals surface area contributed by atoms with Crippen molar-refractivity contribution < 1.29 is 0 Å². The number of hydrogen-bond acceptors (Lipinski definition) is 3. The molecule has 1 fully saturated rings. The molecule has 0 spiro atoms. The molecule has 4 rings (SSSR count). The highest BCUT2D eigenvalue weighted by atomic mass is 15.2. The Bertz CT molecular complexity index is 835. The molecule has 2 heterocycles. The lowest BCUT2D eigenvalue weighted by atomic mass is 10.0. The molecule has 116 valence electrons.